The molecule has 124 valence electrons. The zero-order valence-electron chi connectivity index (χ0n) is 13.7. The first kappa shape index (κ1) is 14.9. The smallest absolute Gasteiger partial charge is 0.187 e. The normalized spacial score (nSPS) is 16.9. The number of aryl methyl sites for hydroxylation is 2. The van der Waals surface area contributed by atoms with E-state index >= 15 is 0 Å². The number of ketones is 4. The number of fused-ring (bicyclic) bond motifs is 7. The molecule has 0 radical (unpaired) electrons. The molecule has 0 aromatic heterocycles. The zero-order chi connectivity index (χ0) is 18.0. The van der Waals surface area contributed by atoms with Gasteiger partial charge in [-0.15, -0.1) is 0 Å². The first-order valence-electron chi connectivity index (χ1n) is 8.42. The Morgan fingerprint density at radius 1 is 0.462 bits per heavy atom. The average molecular weight is 340 g/mol. The van der Waals surface area contributed by atoms with E-state index in [9.17, 15) is 19.2 Å². The van der Waals surface area contributed by atoms with E-state index in [1.807, 2.05) is 12.1 Å². The Morgan fingerprint density at radius 2 is 0.846 bits per heavy atom. The summed E-state index contributed by atoms with van der Waals surface area (Å²) in [6, 6.07) is 7.08. The van der Waals surface area contributed by atoms with Gasteiger partial charge in [-0.25, -0.2) is 0 Å². The standard InChI is InChI=1S/C22H12O4/c23-15-7-9-17(25)21-13(15)5-3-11-1-2-12-4-6-14-16(24)8-10-18(26)22(14)20(12)19(11)21/h3-10H,1-2H2. The summed E-state index contributed by atoms with van der Waals surface area (Å²) < 4.78 is 0. The van der Waals surface area contributed by atoms with Gasteiger partial charge in [0.2, 0.25) is 0 Å². The summed E-state index contributed by atoms with van der Waals surface area (Å²) in [5.41, 5.74) is 4.53. The van der Waals surface area contributed by atoms with Gasteiger partial charge in [-0.1, -0.05) is 12.1 Å². The third kappa shape index (κ3) is 1.84. The van der Waals surface area contributed by atoms with Crippen molar-refractivity contribution in [1.29, 1.82) is 0 Å². The summed E-state index contributed by atoms with van der Waals surface area (Å²) in [5, 5.41) is 0. The Morgan fingerprint density at radius 3 is 1.27 bits per heavy atom. The first-order chi connectivity index (χ1) is 12.6. The maximum atomic E-state index is 12.6. The lowest BCUT2D eigenvalue weighted by Crippen LogP contribution is -2.21. The van der Waals surface area contributed by atoms with Crippen molar-refractivity contribution in [1.82, 2.24) is 0 Å². The third-order valence-electron chi connectivity index (χ3n) is 5.29. The number of hydrogen-bond donors (Lipinski definition) is 0. The predicted octanol–water partition coefficient (Wildman–Crippen LogP) is 3.32. The van der Waals surface area contributed by atoms with Crippen LogP contribution in [0, 0.1) is 0 Å². The second kappa shape index (κ2) is 5.05. The maximum Gasteiger partial charge on any atom is 0.187 e. The van der Waals surface area contributed by atoms with Crippen molar-refractivity contribution in [2.45, 2.75) is 12.8 Å². The summed E-state index contributed by atoms with van der Waals surface area (Å²) >= 11 is 0. The van der Waals surface area contributed by atoms with Crippen molar-refractivity contribution in [2.75, 3.05) is 0 Å². The molecule has 26 heavy (non-hydrogen) atoms. The minimum Gasteiger partial charge on any atom is -0.289 e. The highest BCUT2D eigenvalue weighted by molar-refractivity contribution is 6.28. The molecular formula is C22H12O4. The lowest BCUT2D eigenvalue weighted by molar-refractivity contribution is 0.0993. The molecule has 4 heteroatoms. The molecule has 0 N–H and O–H groups in total. The molecule has 0 aliphatic heterocycles. The summed E-state index contributed by atoms with van der Waals surface area (Å²) in [5.74, 6) is -0.928. The highest BCUT2D eigenvalue weighted by atomic mass is 16.1. The highest BCUT2D eigenvalue weighted by Crippen LogP contribution is 2.43. The molecule has 0 spiro atoms. The van der Waals surface area contributed by atoms with Gasteiger partial charge in [0.25, 0.3) is 0 Å². The van der Waals surface area contributed by atoms with Gasteiger partial charge in [0.1, 0.15) is 0 Å². The van der Waals surface area contributed by atoms with E-state index in [4.69, 9.17) is 0 Å². The van der Waals surface area contributed by atoms with Crippen LogP contribution in [-0.2, 0) is 12.8 Å². The Balaban J connectivity index is 1.93. The average Bonchev–Trinajstić information content (AvgIpc) is 2.66. The first-order valence-corrected chi connectivity index (χ1v) is 8.42. The molecule has 0 fully saturated rings. The van der Waals surface area contributed by atoms with Crippen LogP contribution < -0.4 is 0 Å². The van der Waals surface area contributed by atoms with Gasteiger partial charge in [-0.05, 0) is 71.5 Å². The fraction of sp³-hybridized carbons (Fsp3) is 0.0909. The lowest BCUT2D eigenvalue weighted by Gasteiger charge is -2.27. The Kier molecular flexibility index (Phi) is 2.89. The Bertz CT molecular complexity index is 1050. The molecule has 3 aliphatic rings. The second-order valence-electron chi connectivity index (χ2n) is 6.67. The third-order valence-corrected chi connectivity index (χ3v) is 5.29. The van der Waals surface area contributed by atoms with Crippen molar-refractivity contribution in [3.05, 3.63) is 82.0 Å². The Labute approximate surface area is 148 Å². The summed E-state index contributed by atoms with van der Waals surface area (Å²) in [6.45, 7) is 0. The van der Waals surface area contributed by atoms with E-state index in [1.165, 1.54) is 24.3 Å². The molecule has 0 saturated carbocycles. The monoisotopic (exact) mass is 340 g/mol. The summed E-state index contributed by atoms with van der Waals surface area (Å²) in [4.78, 5) is 49.8. The van der Waals surface area contributed by atoms with Crippen molar-refractivity contribution >= 4 is 23.1 Å². The number of rotatable bonds is 0. The quantitative estimate of drug-likeness (QED) is 0.738. The van der Waals surface area contributed by atoms with Gasteiger partial charge in [-0.3, -0.25) is 19.2 Å². The summed E-state index contributed by atoms with van der Waals surface area (Å²) in [7, 11) is 0. The van der Waals surface area contributed by atoms with Crippen LogP contribution in [-0.4, -0.2) is 23.1 Å². The number of benzene rings is 2. The van der Waals surface area contributed by atoms with E-state index < -0.39 is 0 Å². The molecule has 0 saturated heterocycles. The van der Waals surface area contributed by atoms with Gasteiger partial charge in [0.05, 0.1) is 0 Å². The van der Waals surface area contributed by atoms with Gasteiger partial charge in [0.15, 0.2) is 23.1 Å². The fourth-order valence-electron chi connectivity index (χ4n) is 4.12. The molecule has 0 bridgehead atoms. The van der Waals surface area contributed by atoms with Crippen LogP contribution in [0.3, 0.4) is 0 Å². The molecule has 0 atom stereocenters. The molecule has 2 aromatic carbocycles. The Hall–Kier alpha value is -3.40. The van der Waals surface area contributed by atoms with E-state index in [1.54, 1.807) is 12.1 Å². The molecule has 0 heterocycles. The second-order valence-corrected chi connectivity index (χ2v) is 6.67. The van der Waals surface area contributed by atoms with Crippen LogP contribution in [0.2, 0.25) is 0 Å². The van der Waals surface area contributed by atoms with E-state index in [0.717, 1.165) is 24.0 Å². The molecule has 2 aromatic rings. The summed E-state index contributed by atoms with van der Waals surface area (Å²) in [6.07, 6.45) is 6.55. The SMILES string of the molecule is O=C1C=CC(=O)c2c1ccc1c2-c2c(ccc3c2C(=O)C=CC3=O)CC1. The van der Waals surface area contributed by atoms with Crippen molar-refractivity contribution in [3.8, 4) is 11.1 Å². The molecule has 3 aliphatic carbocycles. The maximum absolute atomic E-state index is 12.6. The van der Waals surface area contributed by atoms with E-state index in [-0.39, 0.29) is 23.1 Å². The van der Waals surface area contributed by atoms with Gasteiger partial charge < -0.3 is 0 Å². The van der Waals surface area contributed by atoms with E-state index in [2.05, 4.69) is 0 Å². The fourth-order valence-corrected chi connectivity index (χ4v) is 4.12. The minimum atomic E-state index is -0.243. The van der Waals surface area contributed by atoms with Crippen LogP contribution in [0.25, 0.3) is 11.1 Å². The number of carbonyl (C=O) groups excluding carboxylic acids is 4. The van der Waals surface area contributed by atoms with Crippen LogP contribution in [0.1, 0.15) is 52.6 Å². The highest BCUT2D eigenvalue weighted by Gasteiger charge is 2.33. The van der Waals surface area contributed by atoms with Crippen molar-refractivity contribution < 1.29 is 19.2 Å². The van der Waals surface area contributed by atoms with Gasteiger partial charge >= 0.3 is 0 Å². The van der Waals surface area contributed by atoms with Crippen LogP contribution in [0.5, 0.6) is 0 Å². The topological polar surface area (TPSA) is 68.3 Å². The molecule has 0 amide bonds. The van der Waals surface area contributed by atoms with E-state index in [0.29, 0.717) is 33.4 Å². The lowest BCUT2D eigenvalue weighted by atomic mass is 9.74. The number of carbonyl (C=O) groups is 4. The largest absolute Gasteiger partial charge is 0.289 e. The zero-order valence-corrected chi connectivity index (χ0v) is 13.7. The molecule has 4 nitrogen and oxygen atoms in total. The van der Waals surface area contributed by atoms with Crippen LogP contribution in [0.4, 0.5) is 0 Å². The number of allylic oxidation sites excluding steroid dienone is 4. The molecule has 0 unspecified atom stereocenters. The van der Waals surface area contributed by atoms with Gasteiger partial charge in [-0.2, -0.15) is 0 Å². The van der Waals surface area contributed by atoms with Crippen molar-refractivity contribution in [3.63, 3.8) is 0 Å². The van der Waals surface area contributed by atoms with Crippen LogP contribution in [0.15, 0.2) is 48.6 Å². The van der Waals surface area contributed by atoms with Crippen molar-refractivity contribution in [2.24, 2.45) is 0 Å². The molecular weight excluding hydrogens is 328 g/mol. The number of hydrogen-bond acceptors (Lipinski definition) is 4. The molecule has 5 rings (SSSR count). The van der Waals surface area contributed by atoms with Crippen LogP contribution >= 0.6 is 0 Å². The predicted molar refractivity (Wildman–Crippen MR) is 94.9 cm³/mol. The minimum absolute atomic E-state index is 0.221. The van der Waals surface area contributed by atoms with Gasteiger partial charge in [0, 0.05) is 22.3 Å².